The van der Waals surface area contributed by atoms with E-state index in [1.807, 2.05) is 4.68 Å². The quantitative estimate of drug-likeness (QED) is 0.555. The molecule has 33 heavy (non-hydrogen) atoms. The zero-order valence-electron chi connectivity index (χ0n) is 17.9. The van der Waals surface area contributed by atoms with Crippen molar-refractivity contribution in [2.75, 3.05) is 0 Å². The minimum atomic E-state index is -0.657. The van der Waals surface area contributed by atoms with Crippen LogP contribution in [-0.4, -0.2) is 26.9 Å². The molecule has 4 aliphatic rings. The highest BCUT2D eigenvalue weighted by Crippen LogP contribution is 2.53. The summed E-state index contributed by atoms with van der Waals surface area (Å²) in [6.45, 7) is 0.679. The third kappa shape index (κ3) is 3.52. The molecule has 0 radical (unpaired) electrons. The van der Waals surface area contributed by atoms with E-state index in [1.54, 1.807) is 18.5 Å². The number of carbonyl (C=O) groups is 1. The molecule has 3 aliphatic carbocycles. The molecule has 3 atom stereocenters. The Morgan fingerprint density at radius 1 is 0.970 bits per heavy atom. The van der Waals surface area contributed by atoms with Gasteiger partial charge < -0.3 is 0 Å². The molecular weight excluding hydrogens is 429 g/mol. The van der Waals surface area contributed by atoms with Gasteiger partial charge in [-0.15, -0.1) is 0 Å². The van der Waals surface area contributed by atoms with Crippen LogP contribution < -0.4 is 0 Å². The summed E-state index contributed by atoms with van der Waals surface area (Å²) in [4.78, 5) is 13.5. The number of hydrogen-bond acceptors (Lipinski definition) is 3. The van der Waals surface area contributed by atoms with Crippen LogP contribution >= 0.6 is 0 Å². The van der Waals surface area contributed by atoms with Crippen LogP contribution in [0.5, 0.6) is 0 Å². The number of hydrazone groups is 1. The second-order valence-corrected chi connectivity index (χ2v) is 9.56. The summed E-state index contributed by atoms with van der Waals surface area (Å²) in [5, 5.41) is 10.9. The first-order valence-corrected chi connectivity index (χ1v) is 11.4. The summed E-state index contributed by atoms with van der Waals surface area (Å²) in [6, 6.07) is 7.56. The lowest BCUT2D eigenvalue weighted by Gasteiger charge is -2.51. The second-order valence-electron chi connectivity index (χ2n) is 9.56. The van der Waals surface area contributed by atoms with Crippen LogP contribution in [0, 0.1) is 41.1 Å². The normalized spacial score (nSPS) is 28.3. The molecule has 1 aliphatic heterocycles. The fourth-order valence-electron chi connectivity index (χ4n) is 5.93. The molecule has 2 aromatic carbocycles. The highest BCUT2D eigenvalue weighted by Gasteiger charge is 2.50. The van der Waals surface area contributed by atoms with Crippen molar-refractivity contribution in [3.05, 3.63) is 65.6 Å². The average molecular weight is 452 g/mol. The molecule has 8 heteroatoms. The topological polar surface area (TPSA) is 50.5 Å². The van der Waals surface area contributed by atoms with E-state index in [4.69, 9.17) is 0 Å². The summed E-state index contributed by atoms with van der Waals surface area (Å²) in [6.07, 6.45) is 6.47. The third-order valence-corrected chi connectivity index (χ3v) is 7.66. The van der Waals surface area contributed by atoms with Gasteiger partial charge in [0.1, 0.15) is 17.5 Å². The molecule has 170 valence electrons. The lowest BCUT2D eigenvalue weighted by molar-refractivity contribution is -0.147. The van der Waals surface area contributed by atoms with E-state index in [2.05, 4.69) is 10.2 Å². The van der Waals surface area contributed by atoms with Gasteiger partial charge in [-0.3, -0.25) is 9.48 Å². The molecule has 7 rings (SSSR count). The number of hydrogen-bond donors (Lipinski definition) is 0. The fourth-order valence-corrected chi connectivity index (χ4v) is 5.93. The molecule has 3 fully saturated rings. The summed E-state index contributed by atoms with van der Waals surface area (Å²) >= 11 is 0. The van der Waals surface area contributed by atoms with Gasteiger partial charge >= 0.3 is 0 Å². The second kappa shape index (κ2) is 7.71. The number of rotatable bonds is 4. The van der Waals surface area contributed by atoms with E-state index in [0.29, 0.717) is 30.4 Å². The maximum atomic E-state index is 13.8. The SMILES string of the molecule is O=C(C1C[C@@H](Cn2ncc3cc(F)ccc32)C2CC1C2)N1N=CCC1c1cc(F)cc(F)c1. The van der Waals surface area contributed by atoms with E-state index in [-0.39, 0.29) is 23.6 Å². The number of benzene rings is 2. The minimum Gasteiger partial charge on any atom is -0.273 e. The summed E-state index contributed by atoms with van der Waals surface area (Å²) < 4.78 is 43.0. The Morgan fingerprint density at radius 3 is 2.55 bits per heavy atom. The Labute approximate surface area is 188 Å². The first-order chi connectivity index (χ1) is 16.0. The summed E-state index contributed by atoms with van der Waals surface area (Å²) in [5.74, 6) is -0.684. The Hall–Kier alpha value is -3.16. The molecule has 0 N–H and O–H groups in total. The fraction of sp³-hybridized carbons (Fsp3) is 0.400. The van der Waals surface area contributed by atoms with Crippen molar-refractivity contribution in [3.63, 3.8) is 0 Å². The first kappa shape index (κ1) is 20.4. The van der Waals surface area contributed by atoms with E-state index in [1.165, 1.54) is 29.3 Å². The van der Waals surface area contributed by atoms with Crippen molar-refractivity contribution >= 4 is 23.0 Å². The van der Waals surface area contributed by atoms with Gasteiger partial charge in [0.25, 0.3) is 0 Å². The molecule has 1 amide bonds. The lowest BCUT2D eigenvalue weighted by atomic mass is 9.55. The van der Waals surface area contributed by atoms with Crippen LogP contribution in [0.25, 0.3) is 10.9 Å². The lowest BCUT2D eigenvalue weighted by Crippen LogP contribution is -2.49. The molecule has 2 heterocycles. The number of halogens is 3. The number of nitrogens with zero attached hydrogens (tertiary/aromatic N) is 4. The number of carbonyl (C=O) groups excluding carboxylic acids is 1. The molecule has 0 saturated heterocycles. The van der Waals surface area contributed by atoms with Gasteiger partial charge in [-0.1, -0.05) is 0 Å². The van der Waals surface area contributed by atoms with Gasteiger partial charge in [0.2, 0.25) is 5.91 Å². The number of fused-ring (bicyclic) bond motifs is 3. The van der Waals surface area contributed by atoms with Gasteiger partial charge in [0, 0.05) is 36.6 Å². The third-order valence-electron chi connectivity index (χ3n) is 7.66. The van der Waals surface area contributed by atoms with Crippen LogP contribution in [0.3, 0.4) is 0 Å². The number of amides is 1. The molecule has 2 unspecified atom stereocenters. The molecule has 5 nitrogen and oxygen atoms in total. The smallest absolute Gasteiger partial charge is 0.246 e. The highest BCUT2D eigenvalue weighted by atomic mass is 19.1. The first-order valence-electron chi connectivity index (χ1n) is 11.4. The van der Waals surface area contributed by atoms with Gasteiger partial charge in [0.05, 0.1) is 17.8 Å². The molecule has 1 aromatic heterocycles. The van der Waals surface area contributed by atoms with Gasteiger partial charge in [-0.05, 0) is 72.9 Å². The van der Waals surface area contributed by atoms with Crippen molar-refractivity contribution in [1.29, 1.82) is 0 Å². The van der Waals surface area contributed by atoms with Gasteiger partial charge in [-0.2, -0.15) is 10.2 Å². The van der Waals surface area contributed by atoms with E-state index in [9.17, 15) is 18.0 Å². The van der Waals surface area contributed by atoms with Crippen molar-refractivity contribution in [2.24, 2.45) is 28.8 Å². The average Bonchev–Trinajstić information content (AvgIpc) is 3.39. The molecule has 3 saturated carbocycles. The van der Waals surface area contributed by atoms with Crippen molar-refractivity contribution in [1.82, 2.24) is 14.8 Å². The molecule has 0 spiro atoms. The minimum absolute atomic E-state index is 0.0704. The van der Waals surface area contributed by atoms with Gasteiger partial charge in [-0.25, -0.2) is 18.2 Å². The summed E-state index contributed by atoms with van der Waals surface area (Å²) in [5.41, 5.74) is 1.31. The predicted octanol–water partition coefficient (Wildman–Crippen LogP) is 5.08. The number of aromatic nitrogens is 2. The van der Waals surface area contributed by atoms with E-state index >= 15 is 0 Å². The Bertz CT molecular complexity index is 1250. The maximum absolute atomic E-state index is 13.8. The highest BCUT2D eigenvalue weighted by molar-refractivity contribution is 5.82. The zero-order valence-corrected chi connectivity index (χ0v) is 17.9. The van der Waals surface area contributed by atoms with Crippen molar-refractivity contribution in [2.45, 2.75) is 38.3 Å². The molecule has 2 bridgehead atoms. The predicted molar refractivity (Wildman–Crippen MR) is 117 cm³/mol. The largest absolute Gasteiger partial charge is 0.273 e. The zero-order chi connectivity index (χ0) is 22.7. The van der Waals surface area contributed by atoms with Crippen molar-refractivity contribution in [3.8, 4) is 0 Å². The van der Waals surface area contributed by atoms with Crippen LogP contribution in [0.2, 0.25) is 0 Å². The van der Waals surface area contributed by atoms with Crippen LogP contribution in [0.1, 0.15) is 37.3 Å². The molecule has 3 aromatic rings. The van der Waals surface area contributed by atoms with Crippen molar-refractivity contribution < 1.29 is 18.0 Å². The van der Waals surface area contributed by atoms with Gasteiger partial charge in [0.15, 0.2) is 0 Å². The maximum Gasteiger partial charge on any atom is 0.246 e. The molecular formula is C25H23F3N4O. The van der Waals surface area contributed by atoms with Crippen LogP contribution in [0.4, 0.5) is 13.2 Å². The summed E-state index contributed by atoms with van der Waals surface area (Å²) in [7, 11) is 0. The Morgan fingerprint density at radius 2 is 1.76 bits per heavy atom. The van der Waals surface area contributed by atoms with E-state index < -0.39 is 17.7 Å². The van der Waals surface area contributed by atoms with Crippen LogP contribution in [0.15, 0.2) is 47.7 Å². The Balaban J connectivity index is 1.21. The van der Waals surface area contributed by atoms with E-state index in [0.717, 1.165) is 36.2 Å². The Kier molecular flexibility index (Phi) is 4.78. The monoisotopic (exact) mass is 452 g/mol. The standard InChI is InChI=1S/C25H23F3N4O/c26-19-1-2-23-17(9-19)12-30-31(23)13-18-10-22(15-5-14(18)6-15)25(33)32-24(3-4-29-32)16-7-20(27)11-21(28)8-16/h1-2,4,7-9,11-12,14-15,18,22,24H,3,5-6,10,13H2/t14?,15?,18-,22?,24?/m0/s1. The van der Waals surface area contributed by atoms with Crippen LogP contribution in [-0.2, 0) is 11.3 Å².